The van der Waals surface area contributed by atoms with Crippen molar-refractivity contribution in [2.45, 2.75) is 6.10 Å². The summed E-state index contributed by atoms with van der Waals surface area (Å²) in [4.78, 5) is 15.2. The molecule has 0 saturated carbocycles. The second kappa shape index (κ2) is 6.15. The fraction of sp³-hybridized carbons (Fsp3) is 0.556. The summed E-state index contributed by atoms with van der Waals surface area (Å²) in [7, 11) is 3.16. The van der Waals surface area contributed by atoms with Gasteiger partial charge in [0.25, 0.3) is 0 Å². The number of nitrogens with one attached hydrogen (secondary N) is 1. The third-order valence-corrected chi connectivity index (χ3v) is 1.91. The van der Waals surface area contributed by atoms with Crippen molar-refractivity contribution < 1.29 is 14.3 Å². The zero-order valence-electron chi connectivity index (χ0n) is 8.84. The van der Waals surface area contributed by atoms with Crippen LogP contribution in [0.2, 0.25) is 0 Å². The van der Waals surface area contributed by atoms with Crippen LogP contribution < -0.4 is 5.32 Å². The number of hydrogen-bond donors (Lipinski definition) is 1. The standard InChI is InChI=1S/C9H15N3O3/c1-14-6-8(15-2)5-11-9(13)12-4-3-10-7-12/h3-4,7-8H,5-6H2,1-2H3,(H,11,13). The highest BCUT2D eigenvalue weighted by Gasteiger charge is 2.09. The van der Waals surface area contributed by atoms with Crippen molar-refractivity contribution >= 4 is 6.03 Å². The Hall–Kier alpha value is -1.40. The summed E-state index contributed by atoms with van der Waals surface area (Å²) >= 11 is 0. The van der Waals surface area contributed by atoms with E-state index in [0.717, 1.165) is 0 Å². The number of aromatic nitrogens is 2. The summed E-state index contributed by atoms with van der Waals surface area (Å²) in [6.45, 7) is 0.849. The van der Waals surface area contributed by atoms with Crippen LogP contribution in [0.25, 0.3) is 0 Å². The van der Waals surface area contributed by atoms with E-state index in [0.29, 0.717) is 13.2 Å². The van der Waals surface area contributed by atoms with Crippen molar-refractivity contribution in [3.63, 3.8) is 0 Å². The Balaban J connectivity index is 2.33. The quantitative estimate of drug-likeness (QED) is 0.753. The van der Waals surface area contributed by atoms with Crippen molar-refractivity contribution in [3.05, 3.63) is 18.7 Å². The number of carbonyl (C=O) groups excluding carboxylic acids is 1. The van der Waals surface area contributed by atoms with Crippen LogP contribution in [0.3, 0.4) is 0 Å². The molecule has 15 heavy (non-hydrogen) atoms. The predicted molar refractivity (Wildman–Crippen MR) is 53.7 cm³/mol. The summed E-state index contributed by atoms with van der Waals surface area (Å²) < 4.78 is 11.4. The topological polar surface area (TPSA) is 65.4 Å². The molecule has 0 spiro atoms. The lowest BCUT2D eigenvalue weighted by molar-refractivity contribution is 0.0304. The van der Waals surface area contributed by atoms with E-state index in [1.54, 1.807) is 26.6 Å². The molecule has 1 unspecified atom stereocenters. The zero-order valence-corrected chi connectivity index (χ0v) is 8.84. The molecule has 1 atom stereocenters. The average molecular weight is 213 g/mol. The molecule has 0 aliphatic heterocycles. The number of nitrogens with zero attached hydrogens (tertiary/aromatic N) is 2. The maximum absolute atomic E-state index is 11.4. The lowest BCUT2D eigenvalue weighted by atomic mass is 10.4. The van der Waals surface area contributed by atoms with E-state index in [1.807, 2.05) is 0 Å². The second-order valence-corrected chi connectivity index (χ2v) is 2.97. The van der Waals surface area contributed by atoms with Crippen LogP contribution in [0.1, 0.15) is 0 Å². The maximum Gasteiger partial charge on any atom is 0.326 e. The summed E-state index contributed by atoms with van der Waals surface area (Å²) in [5.74, 6) is 0. The van der Waals surface area contributed by atoms with Crippen molar-refractivity contribution in [3.8, 4) is 0 Å². The van der Waals surface area contributed by atoms with Crippen molar-refractivity contribution in [1.29, 1.82) is 0 Å². The van der Waals surface area contributed by atoms with Crippen LogP contribution in [-0.4, -0.2) is 49.1 Å². The van der Waals surface area contributed by atoms with Crippen molar-refractivity contribution in [1.82, 2.24) is 14.9 Å². The predicted octanol–water partition coefficient (Wildman–Crippen LogP) is 0.102. The Morgan fingerprint density at radius 1 is 1.60 bits per heavy atom. The Morgan fingerprint density at radius 2 is 2.40 bits per heavy atom. The molecule has 0 bridgehead atoms. The monoisotopic (exact) mass is 213 g/mol. The number of carbonyl (C=O) groups is 1. The molecule has 1 heterocycles. The molecule has 0 aliphatic carbocycles. The second-order valence-electron chi connectivity index (χ2n) is 2.97. The number of ether oxygens (including phenoxy) is 2. The van der Waals surface area contributed by atoms with Crippen LogP contribution in [0.5, 0.6) is 0 Å². The molecular formula is C9H15N3O3. The minimum atomic E-state index is -0.231. The normalized spacial score (nSPS) is 12.4. The van der Waals surface area contributed by atoms with Gasteiger partial charge < -0.3 is 14.8 Å². The van der Waals surface area contributed by atoms with E-state index < -0.39 is 0 Å². The summed E-state index contributed by atoms with van der Waals surface area (Å²) in [6, 6.07) is -0.231. The van der Waals surface area contributed by atoms with E-state index in [-0.39, 0.29) is 12.1 Å². The molecule has 1 amide bonds. The molecular weight excluding hydrogens is 198 g/mol. The summed E-state index contributed by atoms with van der Waals surface area (Å²) in [6.07, 6.45) is 4.42. The Morgan fingerprint density at radius 3 is 2.93 bits per heavy atom. The molecule has 0 fully saturated rings. The Labute approximate surface area is 88.2 Å². The van der Waals surface area contributed by atoms with E-state index in [9.17, 15) is 4.79 Å². The lowest BCUT2D eigenvalue weighted by Crippen LogP contribution is -2.37. The minimum absolute atomic E-state index is 0.137. The van der Waals surface area contributed by atoms with Gasteiger partial charge in [-0.3, -0.25) is 4.57 Å². The van der Waals surface area contributed by atoms with E-state index in [1.165, 1.54) is 10.9 Å². The van der Waals surface area contributed by atoms with Gasteiger partial charge in [0, 0.05) is 33.2 Å². The number of imidazole rings is 1. The van der Waals surface area contributed by atoms with E-state index >= 15 is 0 Å². The summed E-state index contributed by atoms with van der Waals surface area (Å²) in [5.41, 5.74) is 0. The van der Waals surface area contributed by atoms with Crippen LogP contribution in [0, 0.1) is 0 Å². The van der Waals surface area contributed by atoms with Gasteiger partial charge in [-0.05, 0) is 0 Å². The van der Waals surface area contributed by atoms with Crippen LogP contribution in [0.15, 0.2) is 18.7 Å². The zero-order chi connectivity index (χ0) is 11.1. The highest BCUT2D eigenvalue weighted by atomic mass is 16.5. The van der Waals surface area contributed by atoms with Gasteiger partial charge in [-0.25, -0.2) is 9.78 Å². The molecule has 6 nitrogen and oxygen atoms in total. The summed E-state index contributed by atoms with van der Waals surface area (Å²) in [5, 5.41) is 2.70. The molecule has 1 rings (SSSR count). The molecule has 1 aromatic rings. The number of hydrogen-bond acceptors (Lipinski definition) is 4. The van der Waals surface area contributed by atoms with Crippen LogP contribution in [0.4, 0.5) is 4.79 Å². The molecule has 0 radical (unpaired) electrons. The first-order valence-electron chi connectivity index (χ1n) is 4.55. The first-order valence-corrected chi connectivity index (χ1v) is 4.55. The third kappa shape index (κ3) is 3.69. The Kier molecular flexibility index (Phi) is 4.79. The van der Waals surface area contributed by atoms with Crippen molar-refractivity contribution in [2.75, 3.05) is 27.4 Å². The lowest BCUT2D eigenvalue weighted by Gasteiger charge is -2.14. The fourth-order valence-corrected chi connectivity index (χ4v) is 1.07. The van der Waals surface area contributed by atoms with Gasteiger partial charge in [0.2, 0.25) is 0 Å². The molecule has 6 heteroatoms. The van der Waals surface area contributed by atoms with Gasteiger partial charge in [0.05, 0.1) is 12.7 Å². The molecule has 0 saturated heterocycles. The molecule has 1 aromatic heterocycles. The fourth-order valence-electron chi connectivity index (χ4n) is 1.07. The smallest absolute Gasteiger partial charge is 0.326 e. The number of amides is 1. The highest BCUT2D eigenvalue weighted by Crippen LogP contribution is 1.90. The van der Waals surface area contributed by atoms with Gasteiger partial charge in [-0.15, -0.1) is 0 Å². The van der Waals surface area contributed by atoms with Gasteiger partial charge >= 0.3 is 6.03 Å². The van der Waals surface area contributed by atoms with E-state index in [2.05, 4.69) is 10.3 Å². The van der Waals surface area contributed by atoms with E-state index in [4.69, 9.17) is 9.47 Å². The number of methoxy groups -OCH3 is 2. The maximum atomic E-state index is 11.4. The highest BCUT2D eigenvalue weighted by molar-refractivity contribution is 5.76. The van der Waals surface area contributed by atoms with Gasteiger partial charge in [-0.2, -0.15) is 0 Å². The van der Waals surface area contributed by atoms with Gasteiger partial charge in [-0.1, -0.05) is 0 Å². The average Bonchev–Trinajstić information content (AvgIpc) is 2.77. The largest absolute Gasteiger partial charge is 0.382 e. The molecule has 1 N–H and O–H groups in total. The number of rotatable bonds is 5. The van der Waals surface area contributed by atoms with Crippen molar-refractivity contribution in [2.24, 2.45) is 0 Å². The molecule has 0 aromatic carbocycles. The minimum Gasteiger partial charge on any atom is -0.382 e. The van der Waals surface area contributed by atoms with Crippen LogP contribution >= 0.6 is 0 Å². The first-order chi connectivity index (χ1) is 7.27. The third-order valence-electron chi connectivity index (χ3n) is 1.91. The van der Waals surface area contributed by atoms with Crippen LogP contribution in [-0.2, 0) is 9.47 Å². The van der Waals surface area contributed by atoms with Gasteiger partial charge in [0.15, 0.2) is 0 Å². The van der Waals surface area contributed by atoms with Gasteiger partial charge in [0.1, 0.15) is 6.33 Å². The molecule has 0 aliphatic rings. The molecule has 84 valence electrons. The Bertz CT molecular complexity index is 287. The first kappa shape index (κ1) is 11.7. The SMILES string of the molecule is COCC(CNC(=O)n1ccnc1)OC.